The molecule has 3 rings (SSSR count). The van der Waals surface area contributed by atoms with Gasteiger partial charge in [-0.25, -0.2) is 0 Å². The van der Waals surface area contributed by atoms with Gasteiger partial charge in [-0.05, 0) is 76.9 Å². The highest BCUT2D eigenvalue weighted by Crippen LogP contribution is 2.28. The minimum Gasteiger partial charge on any atom is -0.303 e. The van der Waals surface area contributed by atoms with E-state index in [2.05, 4.69) is 87.5 Å². The van der Waals surface area contributed by atoms with Crippen LogP contribution in [0, 0.1) is 0 Å². The summed E-state index contributed by atoms with van der Waals surface area (Å²) >= 11 is 1.67. The lowest BCUT2D eigenvalue weighted by Crippen LogP contribution is -2.31. The largest absolute Gasteiger partial charge is 0.303 e. The summed E-state index contributed by atoms with van der Waals surface area (Å²) in [5.74, 6) is 0.791. The standard InChI is InChI=1S/C34H43N3O2S/c1-7-37(25-39)33(35-36(5)24-27-13-18-31(19-14-27)34(2,3)4)10-8-9-26-11-15-28(16-12-26)29-17-20-32(40-6)30(23-29)21-22-38/h11-20,22-23,25H,7-10,21,24H2,1-6H3/b35-33-. The number of hydrogen-bond donors (Lipinski definition) is 0. The van der Waals surface area contributed by atoms with Crippen LogP contribution in [0.2, 0.25) is 0 Å². The molecule has 0 aliphatic heterocycles. The van der Waals surface area contributed by atoms with Crippen molar-refractivity contribution < 1.29 is 9.59 Å². The number of aldehydes is 1. The van der Waals surface area contributed by atoms with Gasteiger partial charge in [0.05, 0.1) is 6.54 Å². The maximum atomic E-state index is 11.8. The number of aryl methyl sites for hydroxylation is 1. The Labute approximate surface area is 244 Å². The molecule has 1 amide bonds. The number of carbonyl (C=O) groups is 2. The van der Waals surface area contributed by atoms with E-state index >= 15 is 0 Å². The predicted octanol–water partition coefficient (Wildman–Crippen LogP) is 7.36. The van der Waals surface area contributed by atoms with E-state index in [4.69, 9.17) is 5.10 Å². The van der Waals surface area contributed by atoms with Gasteiger partial charge in [-0.3, -0.25) is 9.80 Å². The predicted molar refractivity (Wildman–Crippen MR) is 169 cm³/mol. The molecular weight excluding hydrogens is 514 g/mol. The maximum Gasteiger partial charge on any atom is 0.215 e. The molecular formula is C34H43N3O2S. The molecule has 0 spiro atoms. The van der Waals surface area contributed by atoms with E-state index in [1.807, 2.05) is 25.2 Å². The van der Waals surface area contributed by atoms with Crippen LogP contribution in [0.3, 0.4) is 0 Å². The van der Waals surface area contributed by atoms with E-state index in [0.29, 0.717) is 25.9 Å². The number of hydrazone groups is 1. The monoisotopic (exact) mass is 557 g/mol. The van der Waals surface area contributed by atoms with Crippen LogP contribution >= 0.6 is 11.8 Å². The molecule has 0 aromatic heterocycles. The maximum absolute atomic E-state index is 11.8. The van der Waals surface area contributed by atoms with Crippen LogP contribution in [0.15, 0.2) is 76.7 Å². The fraction of sp³-hybridized carbons (Fsp3) is 0.382. The molecule has 40 heavy (non-hydrogen) atoms. The van der Waals surface area contributed by atoms with Crippen molar-refractivity contribution in [2.24, 2.45) is 5.10 Å². The normalized spacial score (nSPS) is 11.8. The van der Waals surface area contributed by atoms with E-state index in [1.165, 1.54) is 16.7 Å². The Kier molecular flexibility index (Phi) is 11.6. The molecule has 0 N–H and O–H groups in total. The lowest BCUT2D eigenvalue weighted by atomic mass is 9.87. The van der Waals surface area contributed by atoms with Crippen molar-refractivity contribution >= 4 is 30.3 Å². The third kappa shape index (κ3) is 8.82. The average Bonchev–Trinajstić information content (AvgIpc) is 2.94. The minimum atomic E-state index is 0.127. The zero-order valence-corrected chi connectivity index (χ0v) is 25.6. The van der Waals surface area contributed by atoms with Gasteiger partial charge in [0.25, 0.3) is 0 Å². The first kappa shape index (κ1) is 31.2. The number of nitrogens with zero attached hydrogens (tertiary/aromatic N) is 3. The molecule has 0 aliphatic carbocycles. The molecule has 0 radical (unpaired) electrons. The first-order valence-corrected chi connectivity index (χ1v) is 15.2. The summed E-state index contributed by atoms with van der Waals surface area (Å²) in [6, 6.07) is 23.6. The first-order chi connectivity index (χ1) is 19.2. The molecule has 0 saturated carbocycles. The van der Waals surface area contributed by atoms with Crippen molar-refractivity contribution in [3.63, 3.8) is 0 Å². The highest BCUT2D eigenvalue weighted by molar-refractivity contribution is 7.98. The van der Waals surface area contributed by atoms with Crippen LogP contribution in [-0.2, 0) is 34.4 Å². The van der Waals surface area contributed by atoms with Gasteiger partial charge < -0.3 is 9.69 Å². The molecule has 0 bridgehead atoms. The summed E-state index contributed by atoms with van der Waals surface area (Å²) in [6.45, 7) is 9.89. The zero-order valence-electron chi connectivity index (χ0n) is 24.8. The Morgan fingerprint density at radius 2 is 1.57 bits per heavy atom. The smallest absolute Gasteiger partial charge is 0.215 e. The number of rotatable bonds is 13. The molecule has 0 fully saturated rings. The average molecular weight is 558 g/mol. The number of carbonyl (C=O) groups excluding carboxylic acids is 2. The lowest BCUT2D eigenvalue weighted by Gasteiger charge is -2.22. The van der Waals surface area contributed by atoms with E-state index < -0.39 is 0 Å². The number of amides is 1. The van der Waals surface area contributed by atoms with Gasteiger partial charge in [-0.15, -0.1) is 11.8 Å². The molecule has 6 heteroatoms. The summed E-state index contributed by atoms with van der Waals surface area (Å²) < 4.78 is 0. The van der Waals surface area contributed by atoms with Gasteiger partial charge in [0.1, 0.15) is 12.1 Å². The number of hydrogen-bond acceptors (Lipinski definition) is 5. The van der Waals surface area contributed by atoms with Gasteiger partial charge in [-0.1, -0.05) is 75.4 Å². The second-order valence-corrected chi connectivity index (χ2v) is 12.0. The first-order valence-electron chi connectivity index (χ1n) is 14.0. The summed E-state index contributed by atoms with van der Waals surface area (Å²) in [5.41, 5.74) is 7.20. The fourth-order valence-electron chi connectivity index (χ4n) is 4.70. The van der Waals surface area contributed by atoms with Crippen LogP contribution in [-0.4, -0.2) is 48.3 Å². The van der Waals surface area contributed by atoms with Crippen LogP contribution in [0.1, 0.15) is 62.8 Å². The summed E-state index contributed by atoms with van der Waals surface area (Å²) in [4.78, 5) is 25.7. The Bertz CT molecular complexity index is 1280. The van der Waals surface area contributed by atoms with Gasteiger partial charge in [0.2, 0.25) is 6.41 Å². The van der Waals surface area contributed by atoms with Gasteiger partial charge in [0, 0.05) is 31.3 Å². The van der Waals surface area contributed by atoms with Crippen molar-refractivity contribution in [1.29, 1.82) is 0 Å². The van der Waals surface area contributed by atoms with E-state index in [1.54, 1.807) is 16.7 Å². The second kappa shape index (κ2) is 14.8. The number of amidine groups is 1. The molecule has 212 valence electrons. The Hall–Kier alpha value is -3.38. The number of benzene rings is 3. The quantitative estimate of drug-likeness (QED) is 0.0724. The van der Waals surface area contributed by atoms with Gasteiger partial charge in [0.15, 0.2) is 0 Å². The zero-order chi connectivity index (χ0) is 29.1. The molecule has 0 unspecified atom stereocenters. The van der Waals surface area contributed by atoms with Crippen molar-refractivity contribution in [2.45, 2.75) is 70.2 Å². The fourth-order valence-corrected chi connectivity index (χ4v) is 5.31. The van der Waals surface area contributed by atoms with E-state index in [0.717, 1.165) is 53.0 Å². The Morgan fingerprint density at radius 1 is 0.925 bits per heavy atom. The molecule has 0 atom stereocenters. The van der Waals surface area contributed by atoms with Crippen molar-refractivity contribution in [3.05, 3.63) is 89.0 Å². The lowest BCUT2D eigenvalue weighted by molar-refractivity contribution is -0.114. The number of thioether (sulfide) groups is 1. The SMILES string of the molecule is CCN(C=O)/C(CCCc1ccc(-c2ccc(SC)c(CC=O)c2)cc1)=N\N(C)Cc1ccc(C(C)(C)C)cc1. The molecule has 0 saturated heterocycles. The van der Waals surface area contributed by atoms with Crippen LogP contribution < -0.4 is 0 Å². The molecule has 0 aliphatic rings. The summed E-state index contributed by atoms with van der Waals surface area (Å²) in [6.07, 6.45) is 6.81. The molecule has 3 aromatic rings. The third-order valence-electron chi connectivity index (χ3n) is 7.05. The highest BCUT2D eigenvalue weighted by atomic mass is 32.2. The molecule has 5 nitrogen and oxygen atoms in total. The molecule has 0 heterocycles. The van der Waals surface area contributed by atoms with E-state index in [9.17, 15) is 9.59 Å². The Balaban J connectivity index is 1.64. The van der Waals surface area contributed by atoms with Crippen molar-refractivity contribution in [1.82, 2.24) is 9.91 Å². The summed E-state index contributed by atoms with van der Waals surface area (Å²) in [5, 5.41) is 6.75. The highest BCUT2D eigenvalue weighted by Gasteiger charge is 2.14. The van der Waals surface area contributed by atoms with Crippen LogP contribution in [0.5, 0.6) is 0 Å². The topological polar surface area (TPSA) is 53.0 Å². The van der Waals surface area contributed by atoms with Gasteiger partial charge in [-0.2, -0.15) is 5.10 Å². The van der Waals surface area contributed by atoms with Crippen molar-refractivity contribution in [2.75, 3.05) is 19.8 Å². The van der Waals surface area contributed by atoms with Crippen LogP contribution in [0.25, 0.3) is 11.1 Å². The third-order valence-corrected chi connectivity index (χ3v) is 7.89. The molecule has 3 aromatic carbocycles. The van der Waals surface area contributed by atoms with Crippen molar-refractivity contribution in [3.8, 4) is 11.1 Å². The minimum absolute atomic E-state index is 0.127. The Morgan fingerprint density at radius 3 is 2.15 bits per heavy atom. The van der Waals surface area contributed by atoms with Gasteiger partial charge >= 0.3 is 0 Å². The second-order valence-electron chi connectivity index (χ2n) is 11.1. The van der Waals surface area contributed by atoms with Crippen LogP contribution in [0.4, 0.5) is 0 Å². The van der Waals surface area contributed by atoms with E-state index in [-0.39, 0.29) is 5.41 Å². The summed E-state index contributed by atoms with van der Waals surface area (Å²) in [7, 11) is 1.96.